The van der Waals surface area contributed by atoms with Gasteiger partial charge in [0.1, 0.15) is 0 Å². The number of rotatable bonds is 3. The smallest absolute Gasteiger partial charge is 0.0865 e. The largest absolute Gasteiger partial charge is 0.373 e. The molecule has 0 spiro atoms. The average molecular weight is 326 g/mol. The predicted octanol–water partition coefficient (Wildman–Crippen LogP) is 4.30. The molecule has 1 heterocycles. The minimum absolute atomic E-state index is 0.166. The second-order valence-electron chi connectivity index (χ2n) is 6.38. The maximum absolute atomic E-state index is 6.04. The van der Waals surface area contributed by atoms with Crippen molar-refractivity contribution in [3.63, 3.8) is 0 Å². The molecule has 1 aliphatic heterocycles. The summed E-state index contributed by atoms with van der Waals surface area (Å²) in [6.45, 7) is 8.53. The topological polar surface area (TPSA) is 21.3 Å². The van der Waals surface area contributed by atoms with Crippen LogP contribution in [0.2, 0.25) is 0 Å². The van der Waals surface area contributed by atoms with Crippen LogP contribution in [0, 0.1) is 5.92 Å². The second kappa shape index (κ2) is 6.38. The molecule has 2 atom stereocenters. The first kappa shape index (κ1) is 15.0. The summed E-state index contributed by atoms with van der Waals surface area (Å²) < 4.78 is 7.16. The van der Waals surface area contributed by atoms with E-state index in [9.17, 15) is 0 Å². The normalized spacial score (nSPS) is 24.4. The maximum atomic E-state index is 6.04. The highest BCUT2D eigenvalue weighted by atomic mass is 79.9. The highest BCUT2D eigenvalue weighted by Crippen LogP contribution is 2.34. The minimum atomic E-state index is 0.166. The molecule has 0 aliphatic carbocycles. The molecule has 0 amide bonds. The van der Waals surface area contributed by atoms with Gasteiger partial charge in [0, 0.05) is 29.1 Å². The van der Waals surface area contributed by atoms with Crippen molar-refractivity contribution in [2.24, 2.45) is 5.92 Å². The lowest BCUT2D eigenvalue weighted by Gasteiger charge is -2.34. The van der Waals surface area contributed by atoms with Crippen LogP contribution in [0.15, 0.2) is 28.7 Å². The lowest BCUT2D eigenvalue weighted by molar-refractivity contribution is -0.0293. The van der Waals surface area contributed by atoms with Gasteiger partial charge < -0.3 is 10.1 Å². The lowest BCUT2D eigenvalue weighted by Crippen LogP contribution is -2.41. The summed E-state index contributed by atoms with van der Waals surface area (Å²) in [6.07, 6.45) is 2.63. The van der Waals surface area contributed by atoms with E-state index in [1.807, 2.05) is 0 Å². The summed E-state index contributed by atoms with van der Waals surface area (Å²) >= 11 is 3.55. The first-order valence-corrected chi connectivity index (χ1v) is 7.87. The van der Waals surface area contributed by atoms with E-state index in [0.717, 1.165) is 17.6 Å². The fourth-order valence-corrected chi connectivity index (χ4v) is 2.96. The molecule has 0 aromatic heterocycles. The van der Waals surface area contributed by atoms with Gasteiger partial charge in [-0.3, -0.25) is 0 Å². The zero-order chi connectivity index (χ0) is 13.9. The molecule has 1 aliphatic rings. The molecular weight excluding hydrogens is 302 g/mol. The van der Waals surface area contributed by atoms with E-state index in [2.05, 4.69) is 66.3 Å². The van der Waals surface area contributed by atoms with Crippen LogP contribution in [0.3, 0.4) is 0 Å². The van der Waals surface area contributed by atoms with Crippen LogP contribution >= 0.6 is 15.9 Å². The van der Waals surface area contributed by atoms with Gasteiger partial charge in [0.15, 0.2) is 0 Å². The van der Waals surface area contributed by atoms with E-state index in [-0.39, 0.29) is 11.6 Å². The Kier molecular flexibility index (Phi) is 5.04. The lowest BCUT2D eigenvalue weighted by atomic mass is 9.89. The van der Waals surface area contributed by atoms with Crippen molar-refractivity contribution in [3.05, 3.63) is 34.3 Å². The third-order valence-electron chi connectivity index (χ3n) is 3.52. The first-order valence-electron chi connectivity index (χ1n) is 7.08. The van der Waals surface area contributed by atoms with Gasteiger partial charge >= 0.3 is 0 Å². The van der Waals surface area contributed by atoms with Crippen molar-refractivity contribution in [3.8, 4) is 0 Å². The van der Waals surface area contributed by atoms with E-state index < -0.39 is 0 Å². The van der Waals surface area contributed by atoms with Crippen molar-refractivity contribution in [2.45, 2.75) is 45.3 Å². The Morgan fingerprint density at radius 3 is 2.84 bits per heavy atom. The standard InChI is InChI=1S/C16H24BrNO/c1-16(2,3)18-11-13-7-5-9-19-15(13)12-6-4-8-14(17)10-12/h4,6,8,10,13,15,18H,5,7,9,11H2,1-3H3. The SMILES string of the molecule is CC(C)(C)NCC1CCCOC1c1cccc(Br)c1. The zero-order valence-electron chi connectivity index (χ0n) is 12.1. The first-order chi connectivity index (χ1) is 8.96. The fourth-order valence-electron chi connectivity index (χ4n) is 2.54. The molecule has 1 N–H and O–H groups in total. The number of hydrogen-bond acceptors (Lipinski definition) is 2. The Morgan fingerprint density at radius 1 is 1.37 bits per heavy atom. The quantitative estimate of drug-likeness (QED) is 0.894. The molecule has 106 valence electrons. The molecule has 3 heteroatoms. The molecule has 1 aromatic rings. The monoisotopic (exact) mass is 325 g/mol. The van der Waals surface area contributed by atoms with Gasteiger partial charge in [-0.2, -0.15) is 0 Å². The van der Waals surface area contributed by atoms with Gasteiger partial charge in [0.05, 0.1) is 6.10 Å². The summed E-state index contributed by atoms with van der Waals surface area (Å²) in [5.41, 5.74) is 1.45. The molecule has 0 bridgehead atoms. The van der Waals surface area contributed by atoms with Crippen molar-refractivity contribution < 1.29 is 4.74 Å². The molecule has 19 heavy (non-hydrogen) atoms. The summed E-state index contributed by atoms with van der Waals surface area (Å²) in [4.78, 5) is 0. The third-order valence-corrected chi connectivity index (χ3v) is 4.01. The van der Waals surface area contributed by atoms with Crippen LogP contribution in [0.1, 0.15) is 45.3 Å². The van der Waals surface area contributed by atoms with Crippen LogP contribution in [0.25, 0.3) is 0 Å². The Bertz CT molecular complexity index is 413. The van der Waals surface area contributed by atoms with Gasteiger partial charge in [-0.15, -0.1) is 0 Å². The van der Waals surface area contributed by atoms with E-state index in [1.165, 1.54) is 18.4 Å². The van der Waals surface area contributed by atoms with Crippen LogP contribution in [-0.2, 0) is 4.74 Å². The molecule has 0 saturated carbocycles. The number of ether oxygens (including phenoxy) is 1. The van der Waals surface area contributed by atoms with E-state index in [4.69, 9.17) is 4.74 Å². The van der Waals surface area contributed by atoms with Crippen LogP contribution in [0.5, 0.6) is 0 Å². The third kappa shape index (κ3) is 4.59. The summed E-state index contributed by atoms with van der Waals surface area (Å²) in [6, 6.07) is 8.51. The maximum Gasteiger partial charge on any atom is 0.0865 e. The number of benzene rings is 1. The predicted molar refractivity (Wildman–Crippen MR) is 83.3 cm³/mol. The van der Waals surface area contributed by atoms with Gasteiger partial charge in [0.25, 0.3) is 0 Å². The molecular formula is C16H24BrNO. The number of hydrogen-bond donors (Lipinski definition) is 1. The Morgan fingerprint density at radius 2 is 2.16 bits per heavy atom. The molecule has 1 aromatic carbocycles. The molecule has 1 saturated heterocycles. The van der Waals surface area contributed by atoms with Crippen molar-refractivity contribution in [2.75, 3.05) is 13.2 Å². The second-order valence-corrected chi connectivity index (χ2v) is 7.30. The Balaban J connectivity index is 2.07. The van der Waals surface area contributed by atoms with Crippen LogP contribution in [0.4, 0.5) is 0 Å². The average Bonchev–Trinajstić information content (AvgIpc) is 2.36. The van der Waals surface area contributed by atoms with Crippen molar-refractivity contribution in [1.82, 2.24) is 5.32 Å². The van der Waals surface area contributed by atoms with E-state index >= 15 is 0 Å². The molecule has 2 nitrogen and oxygen atoms in total. The molecule has 2 rings (SSSR count). The zero-order valence-corrected chi connectivity index (χ0v) is 13.7. The Labute approximate surface area is 125 Å². The van der Waals surface area contributed by atoms with Gasteiger partial charge in [-0.1, -0.05) is 28.1 Å². The van der Waals surface area contributed by atoms with Gasteiger partial charge in [-0.25, -0.2) is 0 Å². The van der Waals surface area contributed by atoms with Crippen LogP contribution < -0.4 is 5.32 Å². The highest BCUT2D eigenvalue weighted by Gasteiger charge is 2.28. The summed E-state index contributed by atoms with van der Waals surface area (Å²) in [5, 5.41) is 3.61. The van der Waals surface area contributed by atoms with Gasteiger partial charge in [0.2, 0.25) is 0 Å². The van der Waals surface area contributed by atoms with Gasteiger partial charge in [-0.05, 0) is 51.3 Å². The fraction of sp³-hybridized carbons (Fsp3) is 0.625. The molecule has 2 unspecified atom stereocenters. The number of nitrogens with one attached hydrogen (secondary N) is 1. The summed E-state index contributed by atoms with van der Waals surface area (Å²) in [5.74, 6) is 0.558. The molecule has 1 fully saturated rings. The summed E-state index contributed by atoms with van der Waals surface area (Å²) in [7, 11) is 0. The van der Waals surface area contributed by atoms with E-state index in [0.29, 0.717) is 5.92 Å². The van der Waals surface area contributed by atoms with Crippen molar-refractivity contribution >= 4 is 15.9 Å². The molecule has 0 radical (unpaired) electrons. The number of halogens is 1. The Hall–Kier alpha value is -0.380. The van der Waals surface area contributed by atoms with Crippen LogP contribution in [-0.4, -0.2) is 18.7 Å². The van der Waals surface area contributed by atoms with E-state index in [1.54, 1.807) is 0 Å². The van der Waals surface area contributed by atoms with Crippen molar-refractivity contribution in [1.29, 1.82) is 0 Å². The highest BCUT2D eigenvalue weighted by molar-refractivity contribution is 9.10. The minimum Gasteiger partial charge on any atom is -0.373 e.